The van der Waals surface area contributed by atoms with Gasteiger partial charge in [-0.2, -0.15) is 0 Å². The average Bonchev–Trinajstić information content (AvgIpc) is 3.07. The molecule has 3 heterocycles. The molecule has 1 aliphatic carbocycles. The molecule has 7 nitrogen and oxygen atoms in total. The van der Waals surface area contributed by atoms with E-state index >= 15 is 0 Å². The van der Waals surface area contributed by atoms with Crippen molar-refractivity contribution >= 4 is 22.4 Å². The fourth-order valence-electron chi connectivity index (χ4n) is 2.88. The minimum absolute atomic E-state index is 0.0861. The van der Waals surface area contributed by atoms with Gasteiger partial charge in [-0.3, -0.25) is 4.79 Å². The minimum Gasteiger partial charge on any atom is -0.375 e. The van der Waals surface area contributed by atoms with Crippen molar-refractivity contribution in [3.05, 3.63) is 22.7 Å². The van der Waals surface area contributed by atoms with Crippen LogP contribution in [0.5, 0.6) is 0 Å². The number of rotatable bonds is 2. The Morgan fingerprint density at radius 1 is 1.43 bits per heavy atom. The highest BCUT2D eigenvalue weighted by atomic mass is 32.1. The first-order chi connectivity index (χ1) is 10.1. The van der Waals surface area contributed by atoms with E-state index in [0.29, 0.717) is 29.8 Å². The smallest absolute Gasteiger partial charge is 0.273 e. The predicted octanol–water partition coefficient (Wildman–Crippen LogP) is 1.41. The number of hydrogen-bond donors (Lipinski definition) is 1. The van der Waals surface area contributed by atoms with Gasteiger partial charge in [0.15, 0.2) is 11.0 Å². The van der Waals surface area contributed by atoms with Crippen molar-refractivity contribution in [3.8, 4) is 0 Å². The van der Waals surface area contributed by atoms with Crippen LogP contribution < -0.4 is 5.73 Å². The maximum absolute atomic E-state index is 12.5. The highest BCUT2D eigenvalue weighted by Crippen LogP contribution is 2.41. The maximum atomic E-state index is 12.5. The first kappa shape index (κ1) is 12.8. The molecule has 21 heavy (non-hydrogen) atoms. The largest absolute Gasteiger partial charge is 0.375 e. The summed E-state index contributed by atoms with van der Waals surface area (Å²) in [7, 11) is 0. The average molecular weight is 304 g/mol. The zero-order valence-corrected chi connectivity index (χ0v) is 12.5. The van der Waals surface area contributed by atoms with Gasteiger partial charge in [0.2, 0.25) is 0 Å². The lowest BCUT2D eigenvalue weighted by Crippen LogP contribution is -2.40. The first-order valence-corrected chi connectivity index (χ1v) is 7.95. The third kappa shape index (κ3) is 2.10. The number of nitrogens with zero attached hydrogens (tertiary/aromatic N) is 5. The Morgan fingerprint density at radius 3 is 2.90 bits per heavy atom. The molecule has 2 aliphatic rings. The molecule has 2 aromatic heterocycles. The number of nitrogen functional groups attached to an aromatic ring is 1. The molecule has 0 spiro atoms. The van der Waals surface area contributed by atoms with E-state index in [1.807, 2.05) is 0 Å². The van der Waals surface area contributed by atoms with Crippen molar-refractivity contribution in [3.63, 3.8) is 0 Å². The molecule has 2 N–H and O–H groups in total. The van der Waals surface area contributed by atoms with Crippen LogP contribution in [0.15, 0.2) is 5.38 Å². The Hall–Kier alpha value is -1.96. The second-order valence-electron chi connectivity index (χ2n) is 5.72. The van der Waals surface area contributed by atoms with E-state index in [4.69, 9.17) is 5.73 Å². The van der Waals surface area contributed by atoms with Crippen molar-refractivity contribution in [2.24, 2.45) is 0 Å². The van der Waals surface area contributed by atoms with Crippen LogP contribution in [0.2, 0.25) is 0 Å². The van der Waals surface area contributed by atoms with Crippen LogP contribution in [-0.4, -0.2) is 37.1 Å². The Kier molecular flexibility index (Phi) is 2.75. The summed E-state index contributed by atoms with van der Waals surface area (Å²) in [6.07, 6.45) is 2.40. The van der Waals surface area contributed by atoms with Crippen LogP contribution in [0.25, 0.3) is 0 Å². The number of hydrogen-bond acceptors (Lipinski definition) is 6. The zero-order chi connectivity index (χ0) is 14.6. The van der Waals surface area contributed by atoms with E-state index in [1.165, 1.54) is 24.2 Å². The third-order valence-corrected chi connectivity index (χ3v) is 4.70. The second kappa shape index (κ2) is 4.52. The molecule has 0 saturated heterocycles. The maximum Gasteiger partial charge on any atom is 0.273 e. The summed E-state index contributed by atoms with van der Waals surface area (Å²) < 4.78 is 2.21. The van der Waals surface area contributed by atoms with Crippen LogP contribution in [0, 0.1) is 0 Å². The van der Waals surface area contributed by atoms with Gasteiger partial charge in [-0.05, 0) is 19.8 Å². The molecule has 8 heteroatoms. The molecule has 0 unspecified atom stereocenters. The van der Waals surface area contributed by atoms with E-state index in [0.717, 1.165) is 11.6 Å². The van der Waals surface area contributed by atoms with Crippen LogP contribution >= 0.6 is 11.3 Å². The molecule has 4 rings (SSSR count). The summed E-state index contributed by atoms with van der Waals surface area (Å²) in [5, 5.41) is 10.7. The summed E-state index contributed by atoms with van der Waals surface area (Å²) in [6.45, 7) is 3.24. The molecule has 1 fully saturated rings. The summed E-state index contributed by atoms with van der Waals surface area (Å²) in [5.41, 5.74) is 6.02. The van der Waals surface area contributed by atoms with Crippen LogP contribution in [0.1, 0.15) is 53.9 Å². The summed E-state index contributed by atoms with van der Waals surface area (Å²) in [5.74, 6) is 2.43. The number of nitrogens with two attached hydrogens (primary N) is 1. The van der Waals surface area contributed by atoms with Crippen LogP contribution in [-0.2, 0) is 6.54 Å². The number of thiazole rings is 1. The Bertz CT molecular complexity index is 703. The van der Waals surface area contributed by atoms with Crippen molar-refractivity contribution < 1.29 is 4.79 Å². The van der Waals surface area contributed by atoms with E-state index in [1.54, 1.807) is 10.3 Å². The summed E-state index contributed by atoms with van der Waals surface area (Å²) >= 11 is 1.29. The molecule has 0 bridgehead atoms. The highest BCUT2D eigenvalue weighted by Gasteiger charge is 2.35. The number of amides is 1. The van der Waals surface area contributed by atoms with Crippen molar-refractivity contribution in [1.82, 2.24) is 24.6 Å². The molecule has 0 radical (unpaired) electrons. The number of fused-ring (bicyclic) bond motifs is 1. The first-order valence-electron chi connectivity index (χ1n) is 7.07. The Morgan fingerprint density at radius 2 is 2.24 bits per heavy atom. The van der Waals surface area contributed by atoms with Gasteiger partial charge in [-0.15, -0.1) is 21.5 Å². The third-order valence-electron chi connectivity index (χ3n) is 4.02. The van der Waals surface area contributed by atoms with Gasteiger partial charge in [-0.1, -0.05) is 0 Å². The zero-order valence-electron chi connectivity index (χ0n) is 11.7. The van der Waals surface area contributed by atoms with Crippen molar-refractivity contribution in [2.75, 3.05) is 12.3 Å². The van der Waals surface area contributed by atoms with Crippen molar-refractivity contribution in [1.29, 1.82) is 0 Å². The number of carbonyl (C=O) groups excluding carboxylic acids is 1. The number of carbonyl (C=O) groups is 1. The lowest BCUT2D eigenvalue weighted by Gasteiger charge is -2.32. The Labute approximate surface area is 125 Å². The van der Waals surface area contributed by atoms with Gasteiger partial charge in [0, 0.05) is 17.8 Å². The highest BCUT2D eigenvalue weighted by molar-refractivity contribution is 7.13. The van der Waals surface area contributed by atoms with Gasteiger partial charge < -0.3 is 15.2 Å². The molecule has 1 aliphatic heterocycles. The van der Waals surface area contributed by atoms with Gasteiger partial charge >= 0.3 is 0 Å². The summed E-state index contributed by atoms with van der Waals surface area (Å²) in [6, 6.07) is 0.194. The molecule has 1 saturated carbocycles. The lowest BCUT2D eigenvalue weighted by atomic mass is 10.2. The molecule has 1 atom stereocenters. The molecule has 1 amide bonds. The van der Waals surface area contributed by atoms with Gasteiger partial charge in [-0.25, -0.2) is 4.98 Å². The monoisotopic (exact) mass is 304 g/mol. The Balaban J connectivity index is 1.61. The van der Waals surface area contributed by atoms with E-state index < -0.39 is 0 Å². The fraction of sp³-hybridized carbons (Fsp3) is 0.538. The van der Waals surface area contributed by atoms with E-state index in [2.05, 4.69) is 26.7 Å². The second-order valence-corrected chi connectivity index (χ2v) is 6.61. The molecule has 0 aromatic carbocycles. The number of aromatic nitrogens is 4. The fourth-order valence-corrected chi connectivity index (χ4v) is 3.42. The quantitative estimate of drug-likeness (QED) is 0.906. The molecule has 2 aromatic rings. The standard InChI is InChI=1S/C13H16N6OS/c1-7-4-18(12(20)9-6-21-13(14)15-9)5-10-16-17-11(19(7)10)8-2-3-8/h6-8H,2-5H2,1H3,(H2,14,15)/t7-/m0/s1. The molecular formula is C13H16N6OS. The van der Waals surface area contributed by atoms with Crippen molar-refractivity contribution in [2.45, 2.75) is 38.3 Å². The minimum atomic E-state index is -0.0861. The topological polar surface area (TPSA) is 89.9 Å². The van der Waals surface area contributed by atoms with Crippen LogP contribution in [0.4, 0.5) is 5.13 Å². The van der Waals surface area contributed by atoms with Crippen LogP contribution in [0.3, 0.4) is 0 Å². The lowest BCUT2D eigenvalue weighted by molar-refractivity contribution is 0.0674. The number of anilines is 1. The van der Waals surface area contributed by atoms with Gasteiger partial charge in [0.1, 0.15) is 11.5 Å². The molecular weight excluding hydrogens is 288 g/mol. The van der Waals surface area contributed by atoms with Gasteiger partial charge in [0.25, 0.3) is 5.91 Å². The van der Waals surface area contributed by atoms with E-state index in [9.17, 15) is 4.79 Å². The SMILES string of the molecule is C[C@H]1CN(C(=O)c2csc(N)n2)Cc2nnc(C3CC3)n21. The van der Waals surface area contributed by atoms with E-state index in [-0.39, 0.29) is 11.9 Å². The molecule has 110 valence electrons. The normalized spacial score (nSPS) is 21.4. The predicted molar refractivity (Wildman–Crippen MR) is 78.0 cm³/mol. The van der Waals surface area contributed by atoms with Gasteiger partial charge in [0.05, 0.1) is 12.6 Å². The summed E-state index contributed by atoms with van der Waals surface area (Å²) in [4.78, 5) is 18.3.